The van der Waals surface area contributed by atoms with Gasteiger partial charge in [-0.3, -0.25) is 9.78 Å². The van der Waals surface area contributed by atoms with Crippen molar-refractivity contribution in [1.82, 2.24) is 20.2 Å². The maximum absolute atomic E-state index is 12.7. The first kappa shape index (κ1) is 21.2. The number of nitriles is 1. The van der Waals surface area contributed by atoms with Gasteiger partial charge in [0.2, 0.25) is 0 Å². The minimum Gasteiger partial charge on any atom is -0.361 e. The Balaban J connectivity index is 1.10. The average Bonchev–Trinajstić information content (AvgIpc) is 3.29. The van der Waals surface area contributed by atoms with E-state index < -0.39 is 0 Å². The number of rotatable bonds is 6. The van der Waals surface area contributed by atoms with E-state index in [2.05, 4.69) is 38.5 Å². The van der Waals surface area contributed by atoms with E-state index >= 15 is 0 Å². The normalized spacial score (nSPS) is 15.0. The molecule has 0 atom stereocenters. The number of nitrogens with zero attached hydrogens (tertiary/aromatic N) is 3. The first-order chi connectivity index (χ1) is 16.2. The summed E-state index contributed by atoms with van der Waals surface area (Å²) in [5, 5.41) is 14.3. The number of hydrogen-bond acceptors (Lipinski definition) is 4. The van der Waals surface area contributed by atoms with Crippen molar-refractivity contribution < 1.29 is 4.79 Å². The monoisotopic (exact) mass is 437 g/mol. The van der Waals surface area contributed by atoms with Gasteiger partial charge >= 0.3 is 0 Å². The topological polar surface area (TPSA) is 84.8 Å². The summed E-state index contributed by atoms with van der Waals surface area (Å²) in [5.74, 6) is 0.508. The standard InChI is InChI=1S/C27H27N5O/c28-17-19-6-7-22-24(18-31-26(22)16-19)20-9-14-32(15-10-20)13-3-11-30-27(33)23-8-12-29-25-5-2-1-4-21(23)25/h1-2,4-8,12,16,18,20,31H,3,9-11,13-15H2,(H,30,33). The van der Waals surface area contributed by atoms with Gasteiger partial charge in [0.15, 0.2) is 0 Å². The van der Waals surface area contributed by atoms with Crippen LogP contribution in [0.15, 0.2) is 60.9 Å². The number of para-hydroxylation sites is 1. The van der Waals surface area contributed by atoms with Gasteiger partial charge in [-0.2, -0.15) is 5.26 Å². The molecule has 0 aliphatic carbocycles. The summed E-state index contributed by atoms with van der Waals surface area (Å²) < 4.78 is 0. The molecule has 1 amide bonds. The summed E-state index contributed by atoms with van der Waals surface area (Å²) >= 11 is 0. The molecule has 2 aromatic heterocycles. The van der Waals surface area contributed by atoms with E-state index in [0.717, 1.165) is 55.3 Å². The summed E-state index contributed by atoms with van der Waals surface area (Å²) in [6, 6.07) is 17.6. The van der Waals surface area contributed by atoms with Crippen LogP contribution in [0.2, 0.25) is 0 Å². The molecule has 5 rings (SSSR count). The van der Waals surface area contributed by atoms with Crippen molar-refractivity contribution in [2.45, 2.75) is 25.2 Å². The smallest absolute Gasteiger partial charge is 0.252 e. The highest BCUT2D eigenvalue weighted by atomic mass is 16.1. The number of pyridine rings is 1. The van der Waals surface area contributed by atoms with E-state index in [-0.39, 0.29) is 5.91 Å². The van der Waals surface area contributed by atoms with Crippen LogP contribution in [0.1, 0.15) is 46.7 Å². The first-order valence-corrected chi connectivity index (χ1v) is 11.6. The van der Waals surface area contributed by atoms with E-state index in [4.69, 9.17) is 5.26 Å². The quantitative estimate of drug-likeness (QED) is 0.432. The fraction of sp³-hybridized carbons (Fsp3) is 0.296. The van der Waals surface area contributed by atoms with Crippen LogP contribution in [0.3, 0.4) is 0 Å². The van der Waals surface area contributed by atoms with Gasteiger partial charge in [-0.15, -0.1) is 0 Å². The molecule has 0 radical (unpaired) electrons. The average molecular weight is 438 g/mol. The van der Waals surface area contributed by atoms with Crippen molar-refractivity contribution in [2.75, 3.05) is 26.2 Å². The van der Waals surface area contributed by atoms with Crippen molar-refractivity contribution in [3.05, 3.63) is 77.6 Å². The number of fused-ring (bicyclic) bond motifs is 2. The second-order valence-electron chi connectivity index (χ2n) is 8.72. The second kappa shape index (κ2) is 9.43. The zero-order chi connectivity index (χ0) is 22.6. The predicted molar refractivity (Wildman–Crippen MR) is 130 cm³/mol. The van der Waals surface area contributed by atoms with E-state index in [9.17, 15) is 4.79 Å². The second-order valence-corrected chi connectivity index (χ2v) is 8.72. The van der Waals surface area contributed by atoms with Gasteiger partial charge in [-0.25, -0.2) is 0 Å². The number of carbonyl (C=O) groups is 1. The van der Waals surface area contributed by atoms with E-state index in [1.54, 1.807) is 12.3 Å². The highest BCUT2D eigenvalue weighted by molar-refractivity contribution is 6.05. The Hall–Kier alpha value is -3.69. The molecule has 1 aliphatic rings. The van der Waals surface area contributed by atoms with Gasteiger partial charge in [-0.05, 0) is 74.6 Å². The third-order valence-corrected chi connectivity index (χ3v) is 6.70. The number of likely N-dealkylation sites (tertiary alicyclic amines) is 1. The maximum atomic E-state index is 12.7. The first-order valence-electron chi connectivity index (χ1n) is 11.6. The van der Waals surface area contributed by atoms with Crippen molar-refractivity contribution in [2.24, 2.45) is 0 Å². The van der Waals surface area contributed by atoms with Crippen molar-refractivity contribution in [3.8, 4) is 6.07 Å². The van der Waals surface area contributed by atoms with Gasteiger partial charge in [0, 0.05) is 35.2 Å². The maximum Gasteiger partial charge on any atom is 0.252 e. The summed E-state index contributed by atoms with van der Waals surface area (Å²) in [6.07, 6.45) is 7.00. The lowest BCUT2D eigenvalue weighted by molar-refractivity contribution is 0.0952. The lowest BCUT2D eigenvalue weighted by Gasteiger charge is -2.32. The number of carbonyl (C=O) groups excluding carboxylic acids is 1. The van der Waals surface area contributed by atoms with Gasteiger partial charge in [-0.1, -0.05) is 24.3 Å². The molecule has 0 bridgehead atoms. The predicted octanol–water partition coefficient (Wildman–Crippen LogP) is 4.59. The number of benzene rings is 2. The lowest BCUT2D eigenvalue weighted by Crippen LogP contribution is -2.35. The molecular weight excluding hydrogens is 410 g/mol. The fourth-order valence-corrected chi connectivity index (χ4v) is 4.92. The van der Waals surface area contributed by atoms with Crippen LogP contribution < -0.4 is 5.32 Å². The molecule has 166 valence electrons. The van der Waals surface area contributed by atoms with Crippen LogP contribution in [0, 0.1) is 11.3 Å². The Morgan fingerprint density at radius 1 is 1.15 bits per heavy atom. The molecular formula is C27H27N5O. The zero-order valence-corrected chi connectivity index (χ0v) is 18.6. The molecule has 2 aromatic carbocycles. The molecule has 1 aliphatic heterocycles. The van der Waals surface area contributed by atoms with Crippen LogP contribution >= 0.6 is 0 Å². The number of nitrogens with one attached hydrogen (secondary N) is 2. The molecule has 1 fully saturated rings. The van der Waals surface area contributed by atoms with Crippen molar-refractivity contribution in [1.29, 1.82) is 5.26 Å². The Bertz CT molecular complexity index is 1320. The number of hydrogen-bond donors (Lipinski definition) is 2. The van der Waals surface area contributed by atoms with Gasteiger partial charge in [0.1, 0.15) is 0 Å². The zero-order valence-electron chi connectivity index (χ0n) is 18.6. The van der Waals surface area contributed by atoms with Crippen LogP contribution in [0.25, 0.3) is 21.8 Å². The van der Waals surface area contributed by atoms with Crippen LogP contribution in [0.5, 0.6) is 0 Å². The molecule has 3 heterocycles. The van der Waals surface area contributed by atoms with E-state index in [1.165, 1.54) is 10.9 Å². The molecule has 6 nitrogen and oxygen atoms in total. The third kappa shape index (κ3) is 4.46. The highest BCUT2D eigenvalue weighted by Gasteiger charge is 2.22. The summed E-state index contributed by atoms with van der Waals surface area (Å²) in [6.45, 7) is 3.79. The Kier molecular flexibility index (Phi) is 6.05. The fourth-order valence-electron chi connectivity index (χ4n) is 4.92. The number of amides is 1. The summed E-state index contributed by atoms with van der Waals surface area (Å²) in [7, 11) is 0. The Labute approximate surface area is 193 Å². The minimum absolute atomic E-state index is 0.0359. The molecule has 0 unspecified atom stereocenters. The number of piperidine rings is 1. The molecule has 33 heavy (non-hydrogen) atoms. The summed E-state index contributed by atoms with van der Waals surface area (Å²) in [4.78, 5) is 22.8. The lowest BCUT2D eigenvalue weighted by atomic mass is 9.89. The molecule has 4 aromatic rings. The van der Waals surface area contributed by atoms with Crippen LogP contribution in [-0.4, -0.2) is 47.0 Å². The Morgan fingerprint density at radius 3 is 2.85 bits per heavy atom. The highest BCUT2D eigenvalue weighted by Crippen LogP contribution is 2.33. The number of aromatic amines is 1. The van der Waals surface area contributed by atoms with E-state index in [0.29, 0.717) is 23.6 Å². The Morgan fingerprint density at radius 2 is 2.00 bits per heavy atom. The largest absolute Gasteiger partial charge is 0.361 e. The number of aromatic nitrogens is 2. The molecule has 0 saturated carbocycles. The minimum atomic E-state index is -0.0359. The summed E-state index contributed by atoms with van der Waals surface area (Å²) in [5.41, 5.74) is 4.63. The molecule has 2 N–H and O–H groups in total. The van der Waals surface area contributed by atoms with Crippen LogP contribution in [-0.2, 0) is 0 Å². The molecule has 1 saturated heterocycles. The number of H-pyrrole nitrogens is 1. The SMILES string of the molecule is N#Cc1ccc2c(C3CCN(CCCNC(=O)c4ccnc5ccccc45)CC3)c[nH]c2c1. The van der Waals surface area contributed by atoms with Gasteiger partial charge in [0.25, 0.3) is 5.91 Å². The van der Waals surface area contributed by atoms with E-state index in [1.807, 2.05) is 36.4 Å². The van der Waals surface area contributed by atoms with Crippen molar-refractivity contribution in [3.63, 3.8) is 0 Å². The third-order valence-electron chi connectivity index (χ3n) is 6.70. The van der Waals surface area contributed by atoms with Crippen LogP contribution in [0.4, 0.5) is 0 Å². The van der Waals surface area contributed by atoms with Gasteiger partial charge in [0.05, 0.1) is 22.7 Å². The van der Waals surface area contributed by atoms with Crippen molar-refractivity contribution >= 4 is 27.7 Å². The molecule has 0 spiro atoms. The van der Waals surface area contributed by atoms with Gasteiger partial charge < -0.3 is 15.2 Å². The molecule has 6 heteroatoms.